The first-order valence-electron chi connectivity index (χ1n) is 12.4. The van der Waals surface area contributed by atoms with Crippen molar-refractivity contribution in [2.24, 2.45) is 5.73 Å². The Balaban J connectivity index is 1.44. The number of rotatable bonds is 4. The highest BCUT2D eigenvalue weighted by Gasteiger charge is 2.34. The maximum absolute atomic E-state index is 12.1. The number of fused-ring (bicyclic) bond motifs is 2. The van der Waals surface area contributed by atoms with Crippen molar-refractivity contribution in [3.8, 4) is 28.3 Å². The van der Waals surface area contributed by atoms with Crippen molar-refractivity contribution in [3.05, 3.63) is 84.1 Å². The molecule has 2 aromatic carbocycles. The van der Waals surface area contributed by atoms with Gasteiger partial charge >= 0.3 is 0 Å². The third-order valence-corrected chi connectivity index (χ3v) is 7.59. The van der Waals surface area contributed by atoms with Crippen molar-refractivity contribution in [1.29, 1.82) is 0 Å². The van der Waals surface area contributed by atoms with Gasteiger partial charge in [0.05, 0.1) is 17.7 Å². The third-order valence-electron chi connectivity index (χ3n) is 7.59. The highest BCUT2D eigenvalue weighted by atomic mass is 16.1. The zero-order valence-electron chi connectivity index (χ0n) is 20.1. The first-order valence-corrected chi connectivity index (χ1v) is 12.4. The van der Waals surface area contributed by atoms with Gasteiger partial charge in [0.2, 0.25) is 5.91 Å². The lowest BCUT2D eigenvalue weighted by atomic mass is 9.73. The van der Waals surface area contributed by atoms with Gasteiger partial charge in [-0.1, -0.05) is 24.3 Å². The average Bonchev–Trinajstić information content (AvgIpc) is 3.46. The molecule has 0 spiro atoms. The molecule has 0 atom stereocenters. The number of amides is 1. The van der Waals surface area contributed by atoms with Crippen LogP contribution in [0.25, 0.3) is 39.5 Å². The van der Waals surface area contributed by atoms with Gasteiger partial charge in [-0.25, -0.2) is 15.0 Å². The van der Waals surface area contributed by atoms with E-state index in [2.05, 4.69) is 34.6 Å². The van der Waals surface area contributed by atoms with E-state index in [-0.39, 0.29) is 11.4 Å². The van der Waals surface area contributed by atoms with E-state index >= 15 is 0 Å². The van der Waals surface area contributed by atoms with E-state index in [1.54, 1.807) is 6.20 Å². The zero-order chi connectivity index (χ0) is 25.1. The Morgan fingerprint density at radius 1 is 0.919 bits per heavy atom. The van der Waals surface area contributed by atoms with Crippen LogP contribution in [0, 0.1) is 0 Å². The van der Waals surface area contributed by atoms with Crippen LogP contribution in [0.3, 0.4) is 0 Å². The molecular weight excluding hydrogens is 462 g/mol. The van der Waals surface area contributed by atoms with Gasteiger partial charge in [-0.3, -0.25) is 9.36 Å². The molecule has 182 valence electrons. The molecule has 37 heavy (non-hydrogen) atoms. The summed E-state index contributed by atoms with van der Waals surface area (Å²) in [4.78, 5) is 26.4. The fourth-order valence-corrected chi connectivity index (χ4v) is 5.42. The number of carbonyl (C=O) groups is 1. The van der Waals surface area contributed by atoms with Crippen LogP contribution >= 0.6 is 0 Å². The molecule has 0 bridgehead atoms. The lowest BCUT2D eigenvalue weighted by Crippen LogP contribution is -2.43. The van der Waals surface area contributed by atoms with Crippen molar-refractivity contribution < 1.29 is 4.79 Å². The number of nitrogen functional groups attached to an aromatic ring is 1. The summed E-state index contributed by atoms with van der Waals surface area (Å²) in [7, 11) is 0. The lowest BCUT2D eigenvalue weighted by Gasteiger charge is -2.38. The van der Waals surface area contributed by atoms with Gasteiger partial charge in [0.25, 0.3) is 0 Å². The molecule has 1 aliphatic carbocycles. The molecule has 3 aromatic heterocycles. The van der Waals surface area contributed by atoms with Crippen LogP contribution < -0.4 is 16.8 Å². The quantitative estimate of drug-likeness (QED) is 0.341. The second-order valence-electron chi connectivity index (χ2n) is 9.86. The fraction of sp³-hybridized carbons (Fsp3) is 0.172. The van der Waals surface area contributed by atoms with Crippen LogP contribution in [-0.2, 0) is 16.8 Å². The number of pyridine rings is 2. The standard InChI is InChI=1S/C29H25N7O/c30-26-20(5-2-15-32-26)27-35-24-12-11-23(19-4-1-6-22-21(19)16-25(37)33-22)34-28(24)36(27)18-9-7-17(8-10-18)29(31)13-3-14-29/h1-2,4-12,15H,3,13-14,16,31H2,(H2,30,32)(H,33,37). The van der Waals surface area contributed by atoms with E-state index < -0.39 is 0 Å². The fourth-order valence-electron chi connectivity index (χ4n) is 5.42. The van der Waals surface area contributed by atoms with Gasteiger partial charge in [0.1, 0.15) is 11.3 Å². The van der Waals surface area contributed by atoms with Crippen molar-refractivity contribution in [2.75, 3.05) is 11.1 Å². The summed E-state index contributed by atoms with van der Waals surface area (Å²) in [6, 6.07) is 21.9. The predicted octanol–water partition coefficient (Wildman–Crippen LogP) is 4.56. The third kappa shape index (κ3) is 3.41. The molecule has 8 nitrogen and oxygen atoms in total. The van der Waals surface area contributed by atoms with Crippen LogP contribution in [0.4, 0.5) is 11.5 Å². The van der Waals surface area contributed by atoms with Gasteiger partial charge < -0.3 is 16.8 Å². The molecule has 0 radical (unpaired) electrons. The maximum atomic E-state index is 12.1. The molecule has 1 amide bonds. The molecule has 1 saturated carbocycles. The number of aromatic nitrogens is 4. The molecule has 8 heteroatoms. The minimum Gasteiger partial charge on any atom is -0.383 e. The Morgan fingerprint density at radius 3 is 2.49 bits per heavy atom. The molecule has 1 fully saturated rings. The molecule has 0 unspecified atom stereocenters. The summed E-state index contributed by atoms with van der Waals surface area (Å²) in [6.07, 6.45) is 5.17. The summed E-state index contributed by atoms with van der Waals surface area (Å²) < 4.78 is 2.02. The summed E-state index contributed by atoms with van der Waals surface area (Å²) in [5.74, 6) is 1.06. The average molecular weight is 488 g/mol. The molecule has 0 saturated heterocycles. The number of hydrogen-bond acceptors (Lipinski definition) is 6. The van der Waals surface area contributed by atoms with Crippen molar-refractivity contribution >= 4 is 28.6 Å². The number of anilines is 2. The Kier molecular flexibility index (Phi) is 4.68. The number of nitrogens with one attached hydrogen (secondary N) is 1. The summed E-state index contributed by atoms with van der Waals surface area (Å²) in [5.41, 5.74) is 20.3. The number of nitrogens with zero attached hydrogens (tertiary/aromatic N) is 4. The Labute approximate surface area is 213 Å². The van der Waals surface area contributed by atoms with Crippen LogP contribution in [-0.4, -0.2) is 25.4 Å². The molecule has 2 aliphatic rings. The van der Waals surface area contributed by atoms with E-state index in [1.807, 2.05) is 47.0 Å². The first kappa shape index (κ1) is 21.7. The summed E-state index contributed by atoms with van der Waals surface area (Å²) in [5, 5.41) is 2.93. The lowest BCUT2D eigenvalue weighted by molar-refractivity contribution is -0.115. The van der Waals surface area contributed by atoms with Gasteiger partial charge in [-0.05, 0) is 72.9 Å². The van der Waals surface area contributed by atoms with Crippen molar-refractivity contribution in [1.82, 2.24) is 19.5 Å². The molecule has 1 aliphatic heterocycles. The van der Waals surface area contributed by atoms with E-state index in [9.17, 15) is 4.79 Å². The van der Waals surface area contributed by atoms with Crippen LogP contribution in [0.5, 0.6) is 0 Å². The largest absolute Gasteiger partial charge is 0.383 e. The van der Waals surface area contributed by atoms with Crippen LogP contribution in [0.15, 0.2) is 72.9 Å². The highest BCUT2D eigenvalue weighted by Crippen LogP contribution is 2.40. The minimum atomic E-state index is -0.239. The molecule has 4 heterocycles. The van der Waals surface area contributed by atoms with E-state index in [0.29, 0.717) is 23.7 Å². The highest BCUT2D eigenvalue weighted by molar-refractivity contribution is 6.01. The predicted molar refractivity (Wildman–Crippen MR) is 144 cm³/mol. The van der Waals surface area contributed by atoms with Crippen LogP contribution in [0.1, 0.15) is 30.4 Å². The Morgan fingerprint density at radius 2 is 1.73 bits per heavy atom. The maximum Gasteiger partial charge on any atom is 0.228 e. The number of carbonyl (C=O) groups excluding carboxylic acids is 1. The number of nitrogens with two attached hydrogens (primary N) is 2. The first-order chi connectivity index (χ1) is 18.0. The summed E-state index contributed by atoms with van der Waals surface area (Å²) in [6.45, 7) is 0. The van der Waals surface area contributed by atoms with Gasteiger partial charge in [-0.2, -0.15) is 0 Å². The zero-order valence-corrected chi connectivity index (χ0v) is 20.1. The smallest absolute Gasteiger partial charge is 0.228 e. The minimum absolute atomic E-state index is 0.00728. The monoisotopic (exact) mass is 487 g/mol. The van der Waals surface area contributed by atoms with E-state index in [4.69, 9.17) is 21.4 Å². The number of imidazole rings is 1. The second kappa shape index (κ2) is 7.97. The SMILES string of the molecule is Nc1ncccc1-c1nc2ccc(-c3cccc4c3CC(=O)N4)nc2n1-c1ccc(C2(N)CCC2)cc1. The molecular formula is C29H25N7O. The summed E-state index contributed by atoms with van der Waals surface area (Å²) >= 11 is 0. The number of hydrogen-bond donors (Lipinski definition) is 3. The topological polar surface area (TPSA) is 125 Å². The van der Waals surface area contributed by atoms with Crippen molar-refractivity contribution in [3.63, 3.8) is 0 Å². The second-order valence-corrected chi connectivity index (χ2v) is 9.86. The number of benzene rings is 2. The van der Waals surface area contributed by atoms with E-state index in [1.165, 1.54) is 0 Å². The molecule has 5 N–H and O–H groups in total. The normalized spacial score (nSPS) is 15.9. The Bertz CT molecular complexity index is 1700. The molecule has 5 aromatic rings. The van der Waals surface area contributed by atoms with E-state index in [0.717, 1.165) is 64.1 Å². The Hall–Kier alpha value is -4.56. The van der Waals surface area contributed by atoms with Gasteiger partial charge in [-0.15, -0.1) is 0 Å². The molecule has 7 rings (SSSR count). The van der Waals surface area contributed by atoms with Gasteiger partial charge in [0.15, 0.2) is 11.5 Å². The van der Waals surface area contributed by atoms with Crippen LogP contribution in [0.2, 0.25) is 0 Å². The van der Waals surface area contributed by atoms with Gasteiger partial charge in [0, 0.05) is 28.7 Å². The van der Waals surface area contributed by atoms with Crippen molar-refractivity contribution in [2.45, 2.75) is 31.2 Å².